The molecular weight excluding hydrogens is 651 g/mol. The summed E-state index contributed by atoms with van der Waals surface area (Å²) in [6.45, 7) is 3.57. The maximum atomic E-state index is 12.4. The Kier molecular flexibility index (Phi) is 35.8. The molecule has 8 nitrogen and oxygen atoms in total. The quantitative estimate of drug-likeness (QED) is 0.0281. The minimum atomic E-state index is -4.75. The molecule has 0 aliphatic carbocycles. The lowest BCUT2D eigenvalue weighted by atomic mass is 10.0. The molecule has 0 fully saturated rings. The molecule has 0 amide bonds. The molecular formula is C41H75O8P. The molecule has 0 aliphatic heterocycles. The topological polar surface area (TPSA) is 119 Å². The van der Waals surface area contributed by atoms with Crippen molar-refractivity contribution in [3.8, 4) is 0 Å². The van der Waals surface area contributed by atoms with E-state index in [1.807, 2.05) is 0 Å². The summed E-state index contributed by atoms with van der Waals surface area (Å²) in [6.07, 6.45) is 42.9. The van der Waals surface area contributed by atoms with Crippen LogP contribution in [0.4, 0.5) is 0 Å². The van der Waals surface area contributed by atoms with E-state index >= 15 is 0 Å². The Morgan fingerprint density at radius 2 is 0.960 bits per heavy atom. The van der Waals surface area contributed by atoms with Gasteiger partial charge in [-0.3, -0.25) is 14.1 Å². The molecule has 9 heteroatoms. The number of unbranched alkanes of at least 4 members (excludes halogenated alkanes) is 21. The van der Waals surface area contributed by atoms with Gasteiger partial charge in [0, 0.05) is 12.8 Å². The number of allylic oxidation sites excluding steroid dienone is 6. The summed E-state index contributed by atoms with van der Waals surface area (Å²) in [5, 5.41) is 0. The molecule has 292 valence electrons. The van der Waals surface area contributed by atoms with Crippen LogP contribution in [0.25, 0.3) is 0 Å². The van der Waals surface area contributed by atoms with Crippen molar-refractivity contribution < 1.29 is 37.9 Å². The van der Waals surface area contributed by atoms with Gasteiger partial charge >= 0.3 is 19.8 Å². The fourth-order valence-corrected chi connectivity index (χ4v) is 6.04. The monoisotopic (exact) mass is 727 g/mol. The van der Waals surface area contributed by atoms with Crippen molar-refractivity contribution >= 4 is 19.8 Å². The van der Waals surface area contributed by atoms with E-state index in [0.717, 1.165) is 70.6 Å². The van der Waals surface area contributed by atoms with Gasteiger partial charge in [0.15, 0.2) is 6.10 Å². The highest BCUT2D eigenvalue weighted by Crippen LogP contribution is 2.36. The van der Waals surface area contributed by atoms with Gasteiger partial charge in [-0.25, -0.2) is 4.57 Å². The normalized spacial score (nSPS) is 12.8. The Bertz CT molecular complexity index is 910. The van der Waals surface area contributed by atoms with Crippen LogP contribution >= 0.6 is 7.82 Å². The third kappa shape index (κ3) is 39.1. The van der Waals surface area contributed by atoms with Crippen LogP contribution in [0.2, 0.25) is 0 Å². The van der Waals surface area contributed by atoms with Crippen molar-refractivity contribution in [1.29, 1.82) is 0 Å². The van der Waals surface area contributed by atoms with Gasteiger partial charge in [-0.1, -0.05) is 172 Å². The molecule has 0 aromatic rings. The van der Waals surface area contributed by atoms with Gasteiger partial charge in [-0.15, -0.1) is 0 Å². The number of phosphoric acid groups is 1. The number of rotatable bonds is 37. The molecule has 0 aromatic heterocycles. The summed E-state index contributed by atoms with van der Waals surface area (Å²) in [4.78, 5) is 42.8. The highest BCUT2D eigenvalue weighted by molar-refractivity contribution is 7.46. The van der Waals surface area contributed by atoms with Gasteiger partial charge in [0.25, 0.3) is 0 Å². The SMILES string of the molecule is CC/C=C/C/C=C/C/C=C/CCCCCCCC(=O)OC[C@H](COP(=O)(O)O)OC(=O)CCCCCCCCCCCCCCCCCCC. The third-order valence-corrected chi connectivity index (χ3v) is 9.16. The lowest BCUT2D eigenvalue weighted by Crippen LogP contribution is -2.29. The maximum absolute atomic E-state index is 12.4. The first kappa shape index (κ1) is 48.3. The van der Waals surface area contributed by atoms with E-state index in [9.17, 15) is 14.2 Å². The van der Waals surface area contributed by atoms with Crippen LogP contribution in [0.15, 0.2) is 36.5 Å². The zero-order valence-corrected chi connectivity index (χ0v) is 32.9. The van der Waals surface area contributed by atoms with Gasteiger partial charge in [-0.05, 0) is 44.9 Å². The van der Waals surface area contributed by atoms with E-state index in [4.69, 9.17) is 19.3 Å². The second kappa shape index (κ2) is 37.0. The van der Waals surface area contributed by atoms with Crippen LogP contribution in [0.3, 0.4) is 0 Å². The standard InChI is InChI=1S/C41H75O8P/c1-3-5-7-9-11-13-15-17-19-20-22-24-26-28-30-32-34-36-41(43)49-39(38-48-50(44,45)46)37-47-40(42)35-33-31-29-27-25-23-21-18-16-14-12-10-8-6-4-2/h6,8,12,14,18,21,39H,3-5,7,9-11,13,15-17,19-20,22-38H2,1-2H3,(H2,44,45,46)/b8-6+,14-12+,21-18+/t39-/m1/s1. The molecule has 0 aromatic carbocycles. The summed E-state index contributed by atoms with van der Waals surface area (Å²) in [5.41, 5.74) is 0. The zero-order valence-electron chi connectivity index (χ0n) is 32.0. The first-order valence-electron chi connectivity index (χ1n) is 20.3. The van der Waals surface area contributed by atoms with Gasteiger partial charge < -0.3 is 19.3 Å². The fraction of sp³-hybridized carbons (Fsp3) is 0.805. The fourth-order valence-electron chi connectivity index (χ4n) is 5.68. The highest BCUT2D eigenvalue weighted by atomic mass is 31.2. The van der Waals surface area contributed by atoms with Crippen LogP contribution < -0.4 is 0 Å². The molecule has 1 atom stereocenters. The van der Waals surface area contributed by atoms with Gasteiger partial charge in [0.2, 0.25) is 0 Å². The first-order valence-corrected chi connectivity index (χ1v) is 21.8. The molecule has 0 heterocycles. The van der Waals surface area contributed by atoms with E-state index in [0.29, 0.717) is 12.8 Å². The highest BCUT2D eigenvalue weighted by Gasteiger charge is 2.22. The van der Waals surface area contributed by atoms with E-state index in [2.05, 4.69) is 54.8 Å². The van der Waals surface area contributed by atoms with Crippen molar-refractivity contribution in [2.75, 3.05) is 13.2 Å². The summed E-state index contributed by atoms with van der Waals surface area (Å²) < 4.78 is 26.4. The minimum Gasteiger partial charge on any atom is -0.462 e. The molecule has 0 radical (unpaired) electrons. The Balaban J connectivity index is 3.93. The number of hydrogen-bond acceptors (Lipinski definition) is 6. The predicted molar refractivity (Wildman–Crippen MR) is 207 cm³/mol. The number of hydrogen-bond donors (Lipinski definition) is 2. The van der Waals surface area contributed by atoms with E-state index in [-0.39, 0.29) is 19.4 Å². The lowest BCUT2D eigenvalue weighted by molar-refractivity contribution is -0.161. The molecule has 0 aliphatic rings. The molecule has 0 bridgehead atoms. The Labute approximate surface area is 306 Å². The Hall–Kier alpha value is -1.73. The second-order valence-corrected chi connectivity index (χ2v) is 14.8. The molecule has 0 unspecified atom stereocenters. The van der Waals surface area contributed by atoms with Gasteiger partial charge in [0.1, 0.15) is 6.61 Å². The Morgan fingerprint density at radius 1 is 0.540 bits per heavy atom. The summed E-state index contributed by atoms with van der Waals surface area (Å²) in [7, 11) is -4.75. The van der Waals surface area contributed by atoms with Gasteiger partial charge in [0.05, 0.1) is 6.61 Å². The second-order valence-electron chi connectivity index (χ2n) is 13.6. The number of carbonyl (C=O) groups excluding carboxylic acids is 2. The van der Waals surface area contributed by atoms with Crippen LogP contribution in [-0.4, -0.2) is 41.0 Å². The van der Waals surface area contributed by atoms with Crippen molar-refractivity contribution in [2.24, 2.45) is 0 Å². The minimum absolute atomic E-state index is 0.211. The Morgan fingerprint density at radius 3 is 1.44 bits per heavy atom. The lowest BCUT2D eigenvalue weighted by Gasteiger charge is -2.18. The van der Waals surface area contributed by atoms with E-state index in [1.54, 1.807) is 0 Å². The smallest absolute Gasteiger partial charge is 0.462 e. The van der Waals surface area contributed by atoms with Crippen LogP contribution in [-0.2, 0) is 28.2 Å². The molecule has 0 saturated carbocycles. The largest absolute Gasteiger partial charge is 0.469 e. The molecule has 50 heavy (non-hydrogen) atoms. The molecule has 0 spiro atoms. The number of ether oxygens (including phenoxy) is 2. The van der Waals surface area contributed by atoms with E-state index in [1.165, 1.54) is 83.5 Å². The number of carbonyl (C=O) groups is 2. The summed E-state index contributed by atoms with van der Waals surface area (Å²) >= 11 is 0. The molecule has 2 N–H and O–H groups in total. The van der Waals surface area contributed by atoms with Crippen LogP contribution in [0, 0.1) is 0 Å². The summed E-state index contributed by atoms with van der Waals surface area (Å²) in [6, 6.07) is 0. The maximum Gasteiger partial charge on any atom is 0.469 e. The van der Waals surface area contributed by atoms with Crippen LogP contribution in [0.1, 0.15) is 194 Å². The average molecular weight is 727 g/mol. The number of phosphoric ester groups is 1. The van der Waals surface area contributed by atoms with Gasteiger partial charge in [-0.2, -0.15) is 0 Å². The average Bonchev–Trinajstić information content (AvgIpc) is 3.08. The van der Waals surface area contributed by atoms with Crippen molar-refractivity contribution in [1.82, 2.24) is 0 Å². The van der Waals surface area contributed by atoms with Crippen molar-refractivity contribution in [2.45, 2.75) is 200 Å². The van der Waals surface area contributed by atoms with Crippen LogP contribution in [0.5, 0.6) is 0 Å². The van der Waals surface area contributed by atoms with E-state index < -0.39 is 32.5 Å². The predicted octanol–water partition coefficient (Wildman–Crippen LogP) is 12.2. The zero-order chi connectivity index (χ0) is 36.8. The summed E-state index contributed by atoms with van der Waals surface area (Å²) in [5.74, 6) is -0.899. The number of esters is 2. The third-order valence-electron chi connectivity index (χ3n) is 8.67. The first-order chi connectivity index (χ1) is 24.3. The van der Waals surface area contributed by atoms with Crippen molar-refractivity contribution in [3.05, 3.63) is 36.5 Å². The molecule has 0 rings (SSSR count). The van der Waals surface area contributed by atoms with Crippen molar-refractivity contribution in [3.63, 3.8) is 0 Å². The molecule has 0 saturated heterocycles.